The molecule has 2 aliphatic rings. The van der Waals surface area contributed by atoms with E-state index in [0.717, 1.165) is 51.4 Å². The molecule has 2 heterocycles. The quantitative estimate of drug-likeness (QED) is 0.765. The summed E-state index contributed by atoms with van der Waals surface area (Å²) in [5.41, 5.74) is 2.73. The number of rotatable bonds is 7. The summed E-state index contributed by atoms with van der Waals surface area (Å²) in [6.45, 7) is 9.65. The van der Waals surface area contributed by atoms with Crippen molar-refractivity contribution in [2.45, 2.75) is 51.7 Å². The number of ether oxygens (including phenoxy) is 2. The summed E-state index contributed by atoms with van der Waals surface area (Å²) in [5, 5.41) is 0. The lowest BCUT2D eigenvalue weighted by Crippen LogP contribution is -2.38. The molecule has 2 fully saturated rings. The summed E-state index contributed by atoms with van der Waals surface area (Å²) in [4.78, 5) is 5.14. The summed E-state index contributed by atoms with van der Waals surface area (Å²) in [7, 11) is 1.78. The lowest BCUT2D eigenvalue weighted by molar-refractivity contribution is 0.0330. The first-order valence-corrected chi connectivity index (χ1v) is 9.50. The van der Waals surface area contributed by atoms with Crippen molar-refractivity contribution in [3.05, 3.63) is 29.3 Å². The molecule has 0 spiro atoms. The number of hydrogen-bond donors (Lipinski definition) is 0. The minimum Gasteiger partial charge on any atom is -0.496 e. The highest BCUT2D eigenvalue weighted by molar-refractivity contribution is 5.37. The van der Waals surface area contributed by atoms with E-state index in [-0.39, 0.29) is 0 Å². The fourth-order valence-corrected chi connectivity index (χ4v) is 4.02. The van der Waals surface area contributed by atoms with E-state index >= 15 is 0 Å². The van der Waals surface area contributed by atoms with E-state index in [1.165, 1.54) is 37.1 Å². The van der Waals surface area contributed by atoms with E-state index < -0.39 is 0 Å². The lowest BCUT2D eigenvalue weighted by Gasteiger charge is -2.33. The maximum Gasteiger partial charge on any atom is 0.123 e. The molecule has 0 N–H and O–H groups in total. The predicted octanol–water partition coefficient (Wildman–Crippen LogP) is 3.29. The van der Waals surface area contributed by atoms with Gasteiger partial charge >= 0.3 is 0 Å². The Hall–Kier alpha value is -1.10. The van der Waals surface area contributed by atoms with Crippen LogP contribution in [0.4, 0.5) is 0 Å². The van der Waals surface area contributed by atoms with Gasteiger partial charge in [-0.25, -0.2) is 0 Å². The summed E-state index contributed by atoms with van der Waals surface area (Å²) >= 11 is 0. The topological polar surface area (TPSA) is 24.9 Å². The van der Waals surface area contributed by atoms with Gasteiger partial charge in [0.25, 0.3) is 0 Å². The van der Waals surface area contributed by atoms with Crippen LogP contribution in [0, 0.1) is 0 Å². The van der Waals surface area contributed by atoms with Gasteiger partial charge in [-0.15, -0.1) is 0 Å². The molecule has 2 aliphatic heterocycles. The first-order chi connectivity index (χ1) is 11.8. The number of benzene rings is 1. The van der Waals surface area contributed by atoms with Gasteiger partial charge in [-0.3, -0.25) is 9.80 Å². The van der Waals surface area contributed by atoms with Crippen molar-refractivity contribution in [1.82, 2.24) is 9.80 Å². The number of hydrogen-bond acceptors (Lipinski definition) is 4. The molecule has 0 unspecified atom stereocenters. The normalized spacial score (nSPS) is 20.0. The lowest BCUT2D eigenvalue weighted by atomic mass is 10.0. The van der Waals surface area contributed by atoms with Crippen LogP contribution in [-0.4, -0.2) is 55.8 Å². The van der Waals surface area contributed by atoms with E-state index in [4.69, 9.17) is 9.47 Å². The minimum absolute atomic E-state index is 0.660. The molecule has 0 aromatic heterocycles. The Morgan fingerprint density at radius 1 is 1.21 bits per heavy atom. The molecular weight excluding hydrogens is 300 g/mol. The first kappa shape index (κ1) is 17.7. The summed E-state index contributed by atoms with van der Waals surface area (Å²) in [5.74, 6) is 1.03. The number of methoxy groups -OCH3 is 1. The largest absolute Gasteiger partial charge is 0.496 e. The molecule has 2 saturated heterocycles. The van der Waals surface area contributed by atoms with Crippen molar-refractivity contribution in [2.24, 2.45) is 0 Å². The van der Waals surface area contributed by atoms with Crippen LogP contribution >= 0.6 is 0 Å². The molecule has 0 amide bonds. The third-order valence-electron chi connectivity index (χ3n) is 5.44. The molecule has 0 saturated carbocycles. The first-order valence-electron chi connectivity index (χ1n) is 9.50. The Morgan fingerprint density at radius 2 is 1.96 bits per heavy atom. The molecule has 0 aliphatic carbocycles. The Bertz CT molecular complexity index is 508. The highest BCUT2D eigenvalue weighted by Gasteiger charge is 2.21. The van der Waals surface area contributed by atoms with Crippen molar-refractivity contribution in [1.29, 1.82) is 0 Å². The van der Waals surface area contributed by atoms with Gasteiger partial charge in [-0.05, 0) is 63.0 Å². The molecule has 4 nitrogen and oxygen atoms in total. The van der Waals surface area contributed by atoms with Crippen LogP contribution in [0.5, 0.6) is 5.75 Å². The Kier molecular flexibility index (Phi) is 6.52. The smallest absolute Gasteiger partial charge is 0.123 e. The summed E-state index contributed by atoms with van der Waals surface area (Å²) < 4.78 is 11.1. The van der Waals surface area contributed by atoms with Crippen LogP contribution in [0.15, 0.2) is 18.2 Å². The van der Waals surface area contributed by atoms with Crippen LogP contribution in [0.1, 0.15) is 43.7 Å². The molecule has 134 valence electrons. The van der Waals surface area contributed by atoms with Crippen molar-refractivity contribution >= 4 is 0 Å². The standard InChI is InChI=1S/C20H32N2O2/c1-3-22(19-8-12-24-13-9-19)15-17-6-7-20(23-2)18(14-17)16-21-10-4-5-11-21/h6-7,14,19H,3-5,8-13,15-16H2,1-2H3. The van der Waals surface area contributed by atoms with Gasteiger partial charge in [0.05, 0.1) is 7.11 Å². The number of nitrogens with zero attached hydrogens (tertiary/aromatic N) is 2. The van der Waals surface area contributed by atoms with Crippen molar-refractivity contribution in [3.8, 4) is 5.75 Å². The van der Waals surface area contributed by atoms with Crippen LogP contribution in [0.25, 0.3) is 0 Å². The fourth-order valence-electron chi connectivity index (χ4n) is 4.02. The van der Waals surface area contributed by atoms with Crippen LogP contribution in [0.3, 0.4) is 0 Å². The van der Waals surface area contributed by atoms with Crippen molar-refractivity contribution in [2.75, 3.05) is 40.0 Å². The second-order valence-corrected chi connectivity index (χ2v) is 7.04. The zero-order valence-electron chi connectivity index (χ0n) is 15.3. The van der Waals surface area contributed by atoms with Gasteiger partial charge in [-0.1, -0.05) is 13.0 Å². The van der Waals surface area contributed by atoms with E-state index in [0.29, 0.717) is 6.04 Å². The number of likely N-dealkylation sites (tertiary alicyclic amines) is 1. The fraction of sp³-hybridized carbons (Fsp3) is 0.700. The Labute approximate surface area is 146 Å². The summed E-state index contributed by atoms with van der Waals surface area (Å²) in [6, 6.07) is 7.40. The van der Waals surface area contributed by atoms with Gasteiger partial charge in [0.2, 0.25) is 0 Å². The van der Waals surface area contributed by atoms with Gasteiger partial charge in [0.15, 0.2) is 0 Å². The van der Waals surface area contributed by atoms with E-state index in [2.05, 4.69) is 34.9 Å². The van der Waals surface area contributed by atoms with Crippen LogP contribution < -0.4 is 4.74 Å². The Balaban J connectivity index is 1.69. The van der Waals surface area contributed by atoms with Crippen molar-refractivity contribution in [3.63, 3.8) is 0 Å². The molecule has 1 aromatic rings. The third kappa shape index (κ3) is 4.50. The van der Waals surface area contributed by atoms with Crippen LogP contribution in [-0.2, 0) is 17.8 Å². The van der Waals surface area contributed by atoms with Gasteiger partial charge in [-0.2, -0.15) is 0 Å². The molecule has 0 bridgehead atoms. The zero-order valence-corrected chi connectivity index (χ0v) is 15.3. The molecule has 4 heteroatoms. The van der Waals surface area contributed by atoms with Gasteiger partial charge in [0, 0.05) is 37.9 Å². The monoisotopic (exact) mass is 332 g/mol. The zero-order chi connectivity index (χ0) is 16.8. The maximum atomic E-state index is 5.60. The van der Waals surface area contributed by atoms with E-state index in [9.17, 15) is 0 Å². The van der Waals surface area contributed by atoms with Crippen molar-refractivity contribution < 1.29 is 9.47 Å². The SMILES string of the molecule is CCN(Cc1ccc(OC)c(CN2CCCC2)c1)C1CCOCC1. The maximum absolute atomic E-state index is 5.60. The predicted molar refractivity (Wildman–Crippen MR) is 97.4 cm³/mol. The second-order valence-electron chi connectivity index (χ2n) is 7.04. The van der Waals surface area contributed by atoms with Gasteiger partial charge in [0.1, 0.15) is 5.75 Å². The second kappa shape index (κ2) is 8.84. The molecule has 0 atom stereocenters. The molecular formula is C20H32N2O2. The average molecular weight is 332 g/mol. The summed E-state index contributed by atoms with van der Waals surface area (Å²) in [6.07, 6.45) is 4.97. The average Bonchev–Trinajstić information content (AvgIpc) is 3.14. The van der Waals surface area contributed by atoms with Gasteiger partial charge < -0.3 is 9.47 Å². The molecule has 24 heavy (non-hydrogen) atoms. The third-order valence-corrected chi connectivity index (χ3v) is 5.44. The van der Waals surface area contributed by atoms with E-state index in [1.807, 2.05) is 0 Å². The highest BCUT2D eigenvalue weighted by atomic mass is 16.5. The minimum atomic E-state index is 0.660. The van der Waals surface area contributed by atoms with E-state index in [1.54, 1.807) is 7.11 Å². The Morgan fingerprint density at radius 3 is 2.62 bits per heavy atom. The molecule has 3 rings (SSSR count). The molecule has 1 aromatic carbocycles. The molecule has 0 radical (unpaired) electrons. The highest BCUT2D eigenvalue weighted by Crippen LogP contribution is 2.25. The van der Waals surface area contributed by atoms with Crippen LogP contribution in [0.2, 0.25) is 0 Å².